The van der Waals surface area contributed by atoms with Crippen LogP contribution < -0.4 is 5.73 Å². The Labute approximate surface area is 96.8 Å². The molecule has 0 radical (unpaired) electrons. The summed E-state index contributed by atoms with van der Waals surface area (Å²) in [6.07, 6.45) is 5.06. The highest BCUT2D eigenvalue weighted by Gasteiger charge is 2.49. The van der Waals surface area contributed by atoms with E-state index in [1.54, 1.807) is 0 Å². The summed E-state index contributed by atoms with van der Waals surface area (Å²) in [4.78, 5) is 0. The molecule has 2 heterocycles. The highest BCUT2D eigenvalue weighted by Crippen LogP contribution is 2.41. The standard InChI is InChI=1S/C14H19NO/c1-10-3-2-4-11(7-10)8-14(15)9-12-5-6-13(14)16-12/h2-4,7,12-13H,5-6,8-9,15H2,1H3. The number of ether oxygens (including phenoxy) is 1. The van der Waals surface area contributed by atoms with Gasteiger partial charge in [0.25, 0.3) is 0 Å². The molecule has 2 bridgehead atoms. The first-order chi connectivity index (χ1) is 7.66. The topological polar surface area (TPSA) is 35.2 Å². The molecule has 16 heavy (non-hydrogen) atoms. The van der Waals surface area contributed by atoms with Crippen molar-refractivity contribution in [3.05, 3.63) is 35.4 Å². The summed E-state index contributed by atoms with van der Waals surface area (Å²) < 4.78 is 5.87. The van der Waals surface area contributed by atoms with Gasteiger partial charge in [-0.1, -0.05) is 29.8 Å². The second-order valence-corrected chi connectivity index (χ2v) is 5.43. The molecule has 0 aliphatic carbocycles. The SMILES string of the molecule is Cc1cccc(CC2(N)CC3CCC2O3)c1. The average Bonchev–Trinajstić information content (AvgIpc) is 2.76. The molecule has 1 aromatic carbocycles. The molecule has 0 saturated carbocycles. The Morgan fingerprint density at radius 3 is 2.94 bits per heavy atom. The van der Waals surface area contributed by atoms with Crippen LogP contribution in [0.2, 0.25) is 0 Å². The van der Waals surface area contributed by atoms with Gasteiger partial charge in [-0.25, -0.2) is 0 Å². The maximum Gasteiger partial charge on any atom is 0.0763 e. The fourth-order valence-electron chi connectivity index (χ4n) is 3.22. The number of benzene rings is 1. The zero-order valence-electron chi connectivity index (χ0n) is 9.78. The van der Waals surface area contributed by atoms with Crippen LogP contribution >= 0.6 is 0 Å². The first-order valence-corrected chi connectivity index (χ1v) is 6.16. The van der Waals surface area contributed by atoms with Crippen LogP contribution in [0.4, 0.5) is 0 Å². The molecule has 3 atom stereocenters. The lowest BCUT2D eigenvalue weighted by atomic mass is 9.78. The van der Waals surface area contributed by atoms with Gasteiger partial charge in [-0.05, 0) is 38.2 Å². The predicted molar refractivity (Wildman–Crippen MR) is 64.3 cm³/mol. The summed E-state index contributed by atoms with van der Waals surface area (Å²) in [7, 11) is 0. The minimum Gasteiger partial charge on any atom is -0.373 e. The zero-order chi connectivity index (χ0) is 11.2. The van der Waals surface area contributed by atoms with E-state index in [4.69, 9.17) is 10.5 Å². The summed E-state index contributed by atoms with van der Waals surface area (Å²) in [6, 6.07) is 8.65. The lowest BCUT2D eigenvalue weighted by Crippen LogP contribution is -2.50. The highest BCUT2D eigenvalue weighted by atomic mass is 16.5. The molecule has 0 spiro atoms. The first-order valence-electron chi connectivity index (χ1n) is 6.16. The number of hydrogen-bond donors (Lipinski definition) is 1. The molecule has 3 unspecified atom stereocenters. The predicted octanol–water partition coefficient (Wildman–Crippen LogP) is 2.19. The van der Waals surface area contributed by atoms with Gasteiger partial charge in [0.2, 0.25) is 0 Å². The molecular weight excluding hydrogens is 198 g/mol. The van der Waals surface area contributed by atoms with Crippen LogP contribution in [0.1, 0.15) is 30.4 Å². The van der Waals surface area contributed by atoms with Crippen LogP contribution in [-0.4, -0.2) is 17.7 Å². The molecule has 86 valence electrons. The Balaban J connectivity index is 1.79. The summed E-state index contributed by atoms with van der Waals surface area (Å²) in [5.41, 5.74) is 9.04. The van der Waals surface area contributed by atoms with Gasteiger partial charge in [-0.15, -0.1) is 0 Å². The van der Waals surface area contributed by atoms with E-state index in [0.717, 1.165) is 19.3 Å². The van der Waals surface area contributed by atoms with Crippen molar-refractivity contribution >= 4 is 0 Å². The Hall–Kier alpha value is -0.860. The van der Waals surface area contributed by atoms with E-state index in [9.17, 15) is 0 Å². The van der Waals surface area contributed by atoms with E-state index in [-0.39, 0.29) is 11.6 Å². The van der Waals surface area contributed by atoms with Crippen molar-refractivity contribution in [2.45, 2.75) is 50.4 Å². The van der Waals surface area contributed by atoms with Crippen LogP contribution in [0.25, 0.3) is 0 Å². The Morgan fingerprint density at radius 1 is 1.44 bits per heavy atom. The van der Waals surface area contributed by atoms with Crippen LogP contribution in [0.3, 0.4) is 0 Å². The summed E-state index contributed by atoms with van der Waals surface area (Å²) in [6.45, 7) is 2.13. The van der Waals surface area contributed by atoms with Crippen LogP contribution in [-0.2, 0) is 11.2 Å². The molecule has 2 aliphatic heterocycles. The second-order valence-electron chi connectivity index (χ2n) is 5.43. The van der Waals surface area contributed by atoms with Crippen molar-refractivity contribution in [3.8, 4) is 0 Å². The smallest absolute Gasteiger partial charge is 0.0763 e. The fourth-order valence-corrected chi connectivity index (χ4v) is 3.22. The molecule has 2 nitrogen and oxygen atoms in total. The van der Waals surface area contributed by atoms with Crippen LogP contribution in [0.15, 0.2) is 24.3 Å². The van der Waals surface area contributed by atoms with Crippen molar-refractivity contribution in [2.75, 3.05) is 0 Å². The molecule has 2 heteroatoms. The van der Waals surface area contributed by atoms with E-state index >= 15 is 0 Å². The monoisotopic (exact) mass is 217 g/mol. The zero-order valence-corrected chi connectivity index (χ0v) is 9.78. The van der Waals surface area contributed by atoms with Gasteiger partial charge in [-0.2, -0.15) is 0 Å². The van der Waals surface area contributed by atoms with Crippen molar-refractivity contribution in [2.24, 2.45) is 5.73 Å². The number of nitrogens with two attached hydrogens (primary N) is 1. The van der Waals surface area contributed by atoms with E-state index in [0.29, 0.717) is 6.10 Å². The van der Waals surface area contributed by atoms with Gasteiger partial charge in [0.15, 0.2) is 0 Å². The first kappa shape index (κ1) is 10.3. The summed E-state index contributed by atoms with van der Waals surface area (Å²) in [5, 5.41) is 0. The minimum atomic E-state index is -0.114. The van der Waals surface area contributed by atoms with Gasteiger partial charge in [0.05, 0.1) is 12.2 Å². The van der Waals surface area contributed by atoms with Gasteiger partial charge in [0, 0.05) is 5.54 Å². The van der Waals surface area contributed by atoms with E-state index in [2.05, 4.69) is 31.2 Å². The van der Waals surface area contributed by atoms with Crippen molar-refractivity contribution in [1.82, 2.24) is 0 Å². The van der Waals surface area contributed by atoms with Crippen LogP contribution in [0.5, 0.6) is 0 Å². The summed E-state index contributed by atoms with van der Waals surface area (Å²) in [5.74, 6) is 0. The van der Waals surface area contributed by atoms with Gasteiger partial charge in [0.1, 0.15) is 0 Å². The molecule has 1 aromatic rings. The molecule has 2 N–H and O–H groups in total. The lowest BCUT2D eigenvalue weighted by Gasteiger charge is -2.31. The van der Waals surface area contributed by atoms with E-state index < -0.39 is 0 Å². The van der Waals surface area contributed by atoms with Crippen molar-refractivity contribution in [3.63, 3.8) is 0 Å². The number of aryl methyl sites for hydroxylation is 1. The second kappa shape index (κ2) is 3.57. The number of rotatable bonds is 2. The van der Waals surface area contributed by atoms with E-state index in [1.807, 2.05) is 0 Å². The fraction of sp³-hybridized carbons (Fsp3) is 0.571. The largest absolute Gasteiger partial charge is 0.373 e. The maximum absolute atomic E-state index is 6.50. The highest BCUT2D eigenvalue weighted by molar-refractivity contribution is 5.25. The van der Waals surface area contributed by atoms with Gasteiger partial charge in [-0.3, -0.25) is 0 Å². The lowest BCUT2D eigenvalue weighted by molar-refractivity contribution is 0.0856. The molecule has 2 fully saturated rings. The molecule has 2 aliphatic rings. The molecule has 0 aromatic heterocycles. The van der Waals surface area contributed by atoms with Gasteiger partial charge >= 0.3 is 0 Å². The Kier molecular flexibility index (Phi) is 2.30. The number of fused-ring (bicyclic) bond motifs is 2. The number of hydrogen-bond acceptors (Lipinski definition) is 2. The minimum absolute atomic E-state index is 0.114. The molecular formula is C14H19NO. The Bertz CT molecular complexity index is 403. The molecule has 0 amide bonds. The normalized spacial score (nSPS) is 36.9. The third kappa shape index (κ3) is 1.66. The maximum atomic E-state index is 6.50. The average molecular weight is 217 g/mol. The summed E-state index contributed by atoms with van der Waals surface area (Å²) >= 11 is 0. The van der Waals surface area contributed by atoms with Crippen molar-refractivity contribution < 1.29 is 4.74 Å². The van der Waals surface area contributed by atoms with Crippen molar-refractivity contribution in [1.29, 1.82) is 0 Å². The van der Waals surface area contributed by atoms with Gasteiger partial charge < -0.3 is 10.5 Å². The van der Waals surface area contributed by atoms with E-state index in [1.165, 1.54) is 17.5 Å². The third-order valence-electron chi connectivity index (χ3n) is 3.97. The third-order valence-corrected chi connectivity index (χ3v) is 3.97. The van der Waals surface area contributed by atoms with Crippen LogP contribution in [0, 0.1) is 6.92 Å². The molecule has 3 rings (SSSR count). The molecule has 2 saturated heterocycles. The quantitative estimate of drug-likeness (QED) is 0.824. The Morgan fingerprint density at radius 2 is 2.31 bits per heavy atom.